The van der Waals surface area contributed by atoms with Gasteiger partial charge in [0.2, 0.25) is 17.7 Å². The van der Waals surface area contributed by atoms with Crippen molar-refractivity contribution in [1.29, 1.82) is 0 Å². The second-order valence-electron chi connectivity index (χ2n) is 7.51. The van der Waals surface area contributed by atoms with Crippen molar-refractivity contribution >= 4 is 23.4 Å². The van der Waals surface area contributed by atoms with E-state index in [-0.39, 0.29) is 41.4 Å². The van der Waals surface area contributed by atoms with Gasteiger partial charge in [-0.2, -0.15) is 0 Å². The zero-order valence-corrected chi connectivity index (χ0v) is 15.6. The van der Waals surface area contributed by atoms with Crippen molar-refractivity contribution in [2.24, 2.45) is 23.7 Å². The first-order valence-electron chi connectivity index (χ1n) is 9.60. The zero-order valence-electron chi connectivity index (χ0n) is 15.6. The normalized spacial score (nSPS) is 29.6. The maximum Gasteiger partial charge on any atom is 0.247 e. The first-order chi connectivity index (χ1) is 13.0. The Bertz CT molecular complexity index is 769. The number of rotatable bonds is 5. The highest BCUT2D eigenvalue weighted by Gasteiger charge is 2.58. The van der Waals surface area contributed by atoms with Crippen molar-refractivity contribution in [1.82, 2.24) is 4.90 Å². The van der Waals surface area contributed by atoms with E-state index < -0.39 is 6.04 Å². The number of imide groups is 1. The van der Waals surface area contributed by atoms with Crippen LogP contribution < -0.4 is 10.1 Å². The van der Waals surface area contributed by atoms with E-state index in [2.05, 4.69) is 17.5 Å². The molecular weight excluding hydrogens is 344 g/mol. The van der Waals surface area contributed by atoms with Gasteiger partial charge in [-0.3, -0.25) is 19.3 Å². The summed E-state index contributed by atoms with van der Waals surface area (Å²) in [6, 6.07) is 6.20. The van der Waals surface area contributed by atoms with Crippen LogP contribution in [0.3, 0.4) is 0 Å². The molecule has 1 aromatic carbocycles. The fourth-order valence-electron chi connectivity index (χ4n) is 4.64. The summed E-state index contributed by atoms with van der Waals surface area (Å²) in [7, 11) is 0. The molecule has 0 aromatic heterocycles. The summed E-state index contributed by atoms with van der Waals surface area (Å²) in [4.78, 5) is 39.7. The van der Waals surface area contributed by atoms with Crippen LogP contribution in [0.1, 0.15) is 26.7 Å². The number of carbonyl (C=O) groups is 3. The molecule has 142 valence electrons. The summed E-state index contributed by atoms with van der Waals surface area (Å²) in [5.41, 5.74) is 0.605. The highest BCUT2D eigenvalue weighted by atomic mass is 16.5. The number of benzene rings is 1. The molecule has 6 heteroatoms. The largest absolute Gasteiger partial charge is 0.494 e. The molecule has 6 nitrogen and oxygen atoms in total. The molecular formula is C21H24N2O4. The third-order valence-corrected chi connectivity index (χ3v) is 5.99. The quantitative estimate of drug-likeness (QED) is 0.640. The van der Waals surface area contributed by atoms with E-state index in [9.17, 15) is 14.4 Å². The third kappa shape index (κ3) is 2.93. The van der Waals surface area contributed by atoms with Gasteiger partial charge in [0.1, 0.15) is 11.8 Å². The highest BCUT2D eigenvalue weighted by molar-refractivity contribution is 6.10. The van der Waals surface area contributed by atoms with Gasteiger partial charge in [-0.25, -0.2) is 0 Å². The first kappa shape index (κ1) is 17.8. The van der Waals surface area contributed by atoms with Gasteiger partial charge in [-0.05, 0) is 62.8 Å². The number of fused-ring (bicyclic) bond motifs is 1. The molecule has 2 fully saturated rings. The molecule has 3 aliphatic carbocycles. The standard InChI is InChI=1S/C21H24N2O4/c1-3-27-16-10-8-15(9-11-16)22-19(24)12(2)23-20(25)17-13-4-5-14(7-6-13)18(17)21(23)26/h4-5,8-14,17-18H,3,6-7H2,1-2H3,(H,22,24)/t12-,13-,14-,17-,18-/m0/s1. The Hall–Kier alpha value is -2.63. The third-order valence-electron chi connectivity index (χ3n) is 5.99. The summed E-state index contributed by atoms with van der Waals surface area (Å²) in [6.45, 7) is 4.09. The fourth-order valence-corrected chi connectivity index (χ4v) is 4.64. The molecule has 0 unspecified atom stereocenters. The number of hydrogen-bond acceptors (Lipinski definition) is 4. The lowest BCUT2D eigenvalue weighted by molar-refractivity contribution is -0.146. The van der Waals surface area contributed by atoms with Crippen LogP contribution in [0.4, 0.5) is 5.69 Å². The average Bonchev–Trinajstić information content (AvgIpc) is 2.97. The van der Waals surface area contributed by atoms with E-state index >= 15 is 0 Å². The van der Waals surface area contributed by atoms with Crippen LogP contribution in [-0.2, 0) is 14.4 Å². The molecule has 2 bridgehead atoms. The Morgan fingerprint density at radius 3 is 2.15 bits per heavy atom. The van der Waals surface area contributed by atoms with E-state index in [4.69, 9.17) is 4.74 Å². The lowest BCUT2D eigenvalue weighted by atomic mass is 9.63. The minimum Gasteiger partial charge on any atom is -0.494 e. The van der Waals surface area contributed by atoms with E-state index in [1.165, 1.54) is 4.90 Å². The molecule has 0 spiro atoms. The smallest absolute Gasteiger partial charge is 0.247 e. The average molecular weight is 368 g/mol. The van der Waals surface area contributed by atoms with Crippen molar-refractivity contribution in [3.05, 3.63) is 36.4 Å². The number of carbonyl (C=O) groups excluding carboxylic acids is 3. The van der Waals surface area contributed by atoms with Crippen LogP contribution in [0.25, 0.3) is 0 Å². The number of ether oxygens (including phenoxy) is 1. The van der Waals surface area contributed by atoms with Gasteiger partial charge in [0.05, 0.1) is 18.4 Å². The molecule has 1 N–H and O–H groups in total. The van der Waals surface area contributed by atoms with Crippen LogP contribution in [0.15, 0.2) is 36.4 Å². The molecule has 1 aromatic rings. The summed E-state index contributed by atoms with van der Waals surface area (Å²) >= 11 is 0. The predicted molar refractivity (Wildman–Crippen MR) is 99.9 cm³/mol. The van der Waals surface area contributed by atoms with Crippen LogP contribution in [-0.4, -0.2) is 35.3 Å². The summed E-state index contributed by atoms with van der Waals surface area (Å²) in [5, 5.41) is 2.79. The van der Waals surface area contributed by atoms with Gasteiger partial charge in [0.15, 0.2) is 0 Å². The zero-order chi connectivity index (χ0) is 19.1. The van der Waals surface area contributed by atoms with Gasteiger partial charge in [0.25, 0.3) is 0 Å². The maximum atomic E-state index is 12.9. The number of allylic oxidation sites excluding steroid dienone is 2. The monoisotopic (exact) mass is 368 g/mol. The van der Waals surface area contributed by atoms with E-state index in [0.717, 1.165) is 18.6 Å². The van der Waals surface area contributed by atoms with Crippen LogP contribution in [0, 0.1) is 23.7 Å². The van der Waals surface area contributed by atoms with E-state index in [1.54, 1.807) is 31.2 Å². The van der Waals surface area contributed by atoms with Crippen LogP contribution in [0.5, 0.6) is 5.75 Å². The van der Waals surface area contributed by atoms with E-state index in [0.29, 0.717) is 12.3 Å². The van der Waals surface area contributed by atoms with Crippen molar-refractivity contribution < 1.29 is 19.1 Å². The number of amides is 3. The Kier molecular flexibility index (Phi) is 4.50. The molecule has 1 aliphatic heterocycles. The molecule has 4 aliphatic rings. The van der Waals surface area contributed by atoms with E-state index in [1.807, 2.05) is 6.92 Å². The topological polar surface area (TPSA) is 75.7 Å². The molecule has 3 amide bonds. The molecule has 5 rings (SSSR count). The highest BCUT2D eigenvalue weighted by Crippen LogP contribution is 2.49. The minimum absolute atomic E-state index is 0.128. The molecule has 1 saturated heterocycles. The second-order valence-corrected chi connectivity index (χ2v) is 7.51. The fraction of sp³-hybridized carbons (Fsp3) is 0.476. The predicted octanol–water partition coefficient (Wildman–Crippen LogP) is 2.61. The Morgan fingerprint density at radius 2 is 1.67 bits per heavy atom. The molecule has 1 saturated carbocycles. The van der Waals surface area contributed by atoms with Crippen molar-refractivity contribution in [2.75, 3.05) is 11.9 Å². The summed E-state index contributed by atoms with van der Waals surface area (Å²) < 4.78 is 5.39. The summed E-state index contributed by atoms with van der Waals surface area (Å²) in [6.07, 6.45) is 6.05. The molecule has 0 radical (unpaired) electrons. The van der Waals surface area contributed by atoms with Gasteiger partial charge >= 0.3 is 0 Å². The van der Waals surface area contributed by atoms with Gasteiger partial charge < -0.3 is 10.1 Å². The van der Waals surface area contributed by atoms with Crippen molar-refractivity contribution in [3.63, 3.8) is 0 Å². The van der Waals surface area contributed by atoms with Crippen LogP contribution >= 0.6 is 0 Å². The number of likely N-dealkylation sites (tertiary alicyclic amines) is 1. The van der Waals surface area contributed by atoms with Crippen molar-refractivity contribution in [2.45, 2.75) is 32.7 Å². The summed E-state index contributed by atoms with van der Waals surface area (Å²) in [5.74, 6) is -0.355. The first-order valence-corrected chi connectivity index (χ1v) is 9.60. The number of nitrogens with zero attached hydrogens (tertiary/aromatic N) is 1. The van der Waals surface area contributed by atoms with Gasteiger partial charge in [0, 0.05) is 5.69 Å². The molecule has 5 atom stereocenters. The Morgan fingerprint density at radius 1 is 1.11 bits per heavy atom. The SMILES string of the molecule is CCOc1ccc(NC(=O)[C@H](C)N2C(=O)[C@@H]3[C@@H](C2=O)[C@H]2C=C[C@H]3CC2)cc1. The lowest BCUT2D eigenvalue weighted by Gasteiger charge is -2.38. The second kappa shape index (κ2) is 6.83. The van der Waals surface area contributed by atoms with Crippen LogP contribution in [0.2, 0.25) is 0 Å². The molecule has 1 heterocycles. The Balaban J connectivity index is 1.47. The maximum absolute atomic E-state index is 12.9. The van der Waals surface area contributed by atoms with Crippen molar-refractivity contribution in [3.8, 4) is 5.75 Å². The Labute approximate surface area is 158 Å². The minimum atomic E-state index is -0.832. The number of hydrogen-bond donors (Lipinski definition) is 1. The van der Waals surface area contributed by atoms with Gasteiger partial charge in [-0.1, -0.05) is 12.2 Å². The number of anilines is 1. The molecule has 27 heavy (non-hydrogen) atoms. The lowest BCUT2D eigenvalue weighted by Crippen LogP contribution is -2.46. The number of nitrogens with one attached hydrogen (secondary N) is 1. The van der Waals surface area contributed by atoms with Gasteiger partial charge in [-0.15, -0.1) is 0 Å².